The number of rotatable bonds is 9. The highest BCUT2D eigenvalue weighted by Crippen LogP contribution is 2.28. The first kappa shape index (κ1) is 26.3. The van der Waals surface area contributed by atoms with Crippen LogP contribution >= 0.6 is 31.9 Å². The molecule has 7 nitrogen and oxygen atoms in total. The number of hydrogen-bond acceptors (Lipinski definition) is 4. The van der Waals surface area contributed by atoms with E-state index in [1.54, 1.807) is 31.2 Å². The minimum absolute atomic E-state index is 0.0950. The largest absolute Gasteiger partial charge is 0.352 e. The third-order valence-electron chi connectivity index (χ3n) is 4.66. The number of halogens is 2. The molecule has 1 atom stereocenters. The van der Waals surface area contributed by atoms with Crippen LogP contribution in [0.5, 0.6) is 0 Å². The van der Waals surface area contributed by atoms with Gasteiger partial charge in [0.15, 0.2) is 0 Å². The van der Waals surface area contributed by atoms with E-state index < -0.39 is 28.5 Å². The van der Waals surface area contributed by atoms with E-state index in [-0.39, 0.29) is 18.5 Å². The minimum Gasteiger partial charge on any atom is -0.352 e. The molecule has 0 saturated carbocycles. The highest BCUT2D eigenvalue weighted by Gasteiger charge is 2.30. The zero-order valence-corrected chi connectivity index (χ0v) is 22.4. The van der Waals surface area contributed by atoms with Crippen molar-refractivity contribution in [1.29, 1.82) is 0 Å². The van der Waals surface area contributed by atoms with E-state index in [9.17, 15) is 18.0 Å². The van der Waals surface area contributed by atoms with Crippen molar-refractivity contribution in [1.82, 2.24) is 10.2 Å². The average Bonchev–Trinajstić information content (AvgIpc) is 2.70. The summed E-state index contributed by atoms with van der Waals surface area (Å²) in [6, 6.07) is 13.3. The number of benzene rings is 2. The fourth-order valence-corrected chi connectivity index (χ4v) is 4.76. The molecule has 0 saturated heterocycles. The van der Waals surface area contributed by atoms with Crippen molar-refractivity contribution in [2.24, 2.45) is 0 Å². The first-order valence-electron chi connectivity index (χ1n) is 9.96. The first-order chi connectivity index (χ1) is 14.9. The normalized spacial score (nSPS) is 12.3. The molecule has 0 radical (unpaired) electrons. The summed E-state index contributed by atoms with van der Waals surface area (Å²) in [4.78, 5) is 27.5. The van der Waals surface area contributed by atoms with Crippen LogP contribution < -0.4 is 9.62 Å². The standard InChI is InChI=1S/C22H27Br2N3O4S/c1-15(2)25-22(29)16(3)26(13-17-9-11-18(23)12-10-17)21(28)14-27(32(4,30)31)20-8-6-5-7-19(20)24/h5-12,15-16H,13-14H2,1-4H3,(H,25,29). The van der Waals surface area contributed by atoms with Gasteiger partial charge in [-0.1, -0.05) is 40.2 Å². The topological polar surface area (TPSA) is 86.8 Å². The number of anilines is 1. The predicted octanol–water partition coefficient (Wildman–Crippen LogP) is 3.92. The van der Waals surface area contributed by atoms with Crippen LogP contribution in [0.1, 0.15) is 26.3 Å². The lowest BCUT2D eigenvalue weighted by Crippen LogP contribution is -2.52. The van der Waals surface area contributed by atoms with E-state index in [1.807, 2.05) is 38.1 Å². The van der Waals surface area contributed by atoms with Crippen molar-refractivity contribution >= 4 is 59.4 Å². The van der Waals surface area contributed by atoms with Gasteiger partial charge in [0.05, 0.1) is 11.9 Å². The molecule has 2 aromatic carbocycles. The molecule has 0 aliphatic carbocycles. The Labute approximate surface area is 206 Å². The monoisotopic (exact) mass is 587 g/mol. The van der Waals surface area contributed by atoms with Gasteiger partial charge in [0.2, 0.25) is 21.8 Å². The van der Waals surface area contributed by atoms with Crippen LogP contribution in [-0.4, -0.2) is 50.0 Å². The average molecular weight is 589 g/mol. The quantitative estimate of drug-likeness (QED) is 0.481. The summed E-state index contributed by atoms with van der Waals surface area (Å²) in [6.45, 7) is 5.04. The van der Waals surface area contributed by atoms with Gasteiger partial charge in [0, 0.05) is 21.5 Å². The molecule has 0 aliphatic rings. The fraction of sp³-hybridized carbons (Fsp3) is 0.364. The Kier molecular flexibility index (Phi) is 9.29. The van der Waals surface area contributed by atoms with Crippen LogP contribution in [0.3, 0.4) is 0 Å². The maximum absolute atomic E-state index is 13.4. The molecular formula is C22H27Br2N3O4S. The Hall–Kier alpha value is -1.91. The Morgan fingerprint density at radius 3 is 2.12 bits per heavy atom. The molecule has 2 aromatic rings. The van der Waals surface area contributed by atoms with E-state index in [0.29, 0.717) is 10.2 Å². The summed E-state index contributed by atoms with van der Waals surface area (Å²) < 4.78 is 27.6. The maximum atomic E-state index is 13.4. The van der Waals surface area contributed by atoms with Gasteiger partial charge >= 0.3 is 0 Å². The molecule has 0 aliphatic heterocycles. The van der Waals surface area contributed by atoms with Gasteiger partial charge in [0.1, 0.15) is 12.6 Å². The molecule has 0 heterocycles. The predicted molar refractivity (Wildman–Crippen MR) is 134 cm³/mol. The Morgan fingerprint density at radius 2 is 1.59 bits per heavy atom. The molecule has 0 fully saturated rings. The first-order valence-corrected chi connectivity index (χ1v) is 13.4. The van der Waals surface area contributed by atoms with Gasteiger partial charge in [0.25, 0.3) is 0 Å². The fourth-order valence-electron chi connectivity index (χ4n) is 3.02. The number of sulfonamides is 1. The van der Waals surface area contributed by atoms with Crippen LogP contribution in [0.2, 0.25) is 0 Å². The van der Waals surface area contributed by atoms with E-state index >= 15 is 0 Å². The van der Waals surface area contributed by atoms with Crippen molar-refractivity contribution < 1.29 is 18.0 Å². The van der Waals surface area contributed by atoms with Gasteiger partial charge in [-0.15, -0.1) is 0 Å². The van der Waals surface area contributed by atoms with Gasteiger partial charge in [-0.05, 0) is 66.5 Å². The lowest BCUT2D eigenvalue weighted by Gasteiger charge is -2.32. The number of nitrogens with one attached hydrogen (secondary N) is 1. The van der Waals surface area contributed by atoms with Crippen molar-refractivity contribution in [2.75, 3.05) is 17.1 Å². The number of hydrogen-bond donors (Lipinski definition) is 1. The molecular weight excluding hydrogens is 562 g/mol. The second kappa shape index (κ2) is 11.3. The van der Waals surface area contributed by atoms with Gasteiger partial charge < -0.3 is 10.2 Å². The summed E-state index contributed by atoms with van der Waals surface area (Å²) in [7, 11) is -3.76. The lowest BCUT2D eigenvalue weighted by molar-refractivity contribution is -0.139. The van der Waals surface area contributed by atoms with Crippen LogP contribution in [0.15, 0.2) is 57.5 Å². The second-order valence-electron chi connectivity index (χ2n) is 7.71. The summed E-state index contributed by atoms with van der Waals surface area (Å²) >= 11 is 6.74. The van der Waals surface area contributed by atoms with Crippen molar-refractivity contribution in [3.8, 4) is 0 Å². The van der Waals surface area contributed by atoms with Crippen LogP contribution in [-0.2, 0) is 26.2 Å². The molecule has 10 heteroatoms. The number of carbonyl (C=O) groups is 2. The molecule has 0 spiro atoms. The van der Waals surface area contributed by atoms with Gasteiger partial charge in [-0.25, -0.2) is 8.42 Å². The summed E-state index contributed by atoms with van der Waals surface area (Å²) in [5, 5.41) is 2.82. The lowest BCUT2D eigenvalue weighted by atomic mass is 10.1. The smallest absolute Gasteiger partial charge is 0.244 e. The molecule has 1 unspecified atom stereocenters. The molecule has 174 valence electrons. The van der Waals surface area contributed by atoms with Gasteiger partial charge in [-0.3, -0.25) is 13.9 Å². The van der Waals surface area contributed by atoms with E-state index in [0.717, 1.165) is 20.6 Å². The maximum Gasteiger partial charge on any atom is 0.244 e. The van der Waals surface area contributed by atoms with Gasteiger partial charge in [-0.2, -0.15) is 0 Å². The Balaban J connectivity index is 2.39. The van der Waals surface area contributed by atoms with Crippen molar-refractivity contribution in [3.63, 3.8) is 0 Å². The second-order valence-corrected chi connectivity index (χ2v) is 11.4. The van der Waals surface area contributed by atoms with Crippen LogP contribution in [0.4, 0.5) is 5.69 Å². The number of amides is 2. The molecule has 0 aromatic heterocycles. The van der Waals surface area contributed by atoms with E-state index in [2.05, 4.69) is 37.2 Å². The van der Waals surface area contributed by atoms with Crippen LogP contribution in [0.25, 0.3) is 0 Å². The zero-order valence-electron chi connectivity index (χ0n) is 18.4. The van der Waals surface area contributed by atoms with E-state index in [4.69, 9.17) is 0 Å². The molecule has 2 rings (SSSR count). The summed E-state index contributed by atoms with van der Waals surface area (Å²) in [5.74, 6) is -0.794. The third kappa shape index (κ3) is 7.31. The summed E-state index contributed by atoms with van der Waals surface area (Å²) in [5.41, 5.74) is 1.17. The molecule has 32 heavy (non-hydrogen) atoms. The molecule has 2 amide bonds. The van der Waals surface area contributed by atoms with Crippen molar-refractivity contribution in [3.05, 3.63) is 63.0 Å². The number of para-hydroxylation sites is 1. The minimum atomic E-state index is -3.76. The Morgan fingerprint density at radius 1 is 1.00 bits per heavy atom. The third-order valence-corrected chi connectivity index (χ3v) is 6.99. The van der Waals surface area contributed by atoms with E-state index in [1.165, 1.54) is 4.90 Å². The Bertz CT molecular complexity index is 1060. The number of carbonyl (C=O) groups excluding carboxylic acids is 2. The van der Waals surface area contributed by atoms with Crippen LogP contribution in [0, 0.1) is 0 Å². The summed E-state index contributed by atoms with van der Waals surface area (Å²) in [6.07, 6.45) is 1.05. The molecule has 1 N–H and O–H groups in total. The molecule has 0 bridgehead atoms. The number of nitrogens with zero attached hydrogens (tertiary/aromatic N) is 2. The SMILES string of the molecule is CC(C)NC(=O)C(C)N(Cc1ccc(Br)cc1)C(=O)CN(c1ccccc1Br)S(C)(=O)=O. The highest BCUT2D eigenvalue weighted by molar-refractivity contribution is 9.10. The highest BCUT2D eigenvalue weighted by atomic mass is 79.9. The zero-order chi connectivity index (χ0) is 24.1. The van der Waals surface area contributed by atoms with Crippen molar-refractivity contribution in [2.45, 2.75) is 39.4 Å².